The Morgan fingerprint density at radius 3 is 2.86 bits per heavy atom. The Balaban J connectivity index is 2.23. The van der Waals surface area contributed by atoms with E-state index in [4.69, 9.17) is 5.73 Å². The zero-order chi connectivity index (χ0) is 15.2. The molecule has 21 heavy (non-hydrogen) atoms. The van der Waals surface area contributed by atoms with Crippen LogP contribution in [-0.2, 0) is 0 Å². The number of nitrogens with zero attached hydrogens (tertiary/aromatic N) is 1. The van der Waals surface area contributed by atoms with E-state index in [2.05, 4.69) is 22.1 Å². The zero-order valence-electron chi connectivity index (χ0n) is 11.6. The van der Waals surface area contributed by atoms with Crippen molar-refractivity contribution in [1.82, 2.24) is 4.98 Å². The van der Waals surface area contributed by atoms with Gasteiger partial charge in [-0.05, 0) is 36.8 Å². The van der Waals surface area contributed by atoms with Crippen LogP contribution < -0.4 is 11.1 Å². The van der Waals surface area contributed by atoms with Gasteiger partial charge in [-0.15, -0.1) is 0 Å². The van der Waals surface area contributed by atoms with Gasteiger partial charge in [0.05, 0.1) is 18.3 Å². The minimum Gasteiger partial charge on any atom is -0.506 e. The maximum absolute atomic E-state index is 12.1. The minimum atomic E-state index is -0.346. The van der Waals surface area contributed by atoms with Gasteiger partial charge in [0.1, 0.15) is 5.75 Å². The average Bonchev–Trinajstić information content (AvgIpc) is 2.44. The van der Waals surface area contributed by atoms with Gasteiger partial charge in [-0.25, -0.2) is 0 Å². The summed E-state index contributed by atoms with van der Waals surface area (Å²) < 4.78 is 0. The molecule has 106 valence electrons. The molecule has 5 nitrogen and oxygen atoms in total. The monoisotopic (exact) mass is 281 g/mol. The maximum Gasteiger partial charge on any atom is 0.257 e. The van der Waals surface area contributed by atoms with Crippen LogP contribution in [0.25, 0.3) is 0 Å². The van der Waals surface area contributed by atoms with Gasteiger partial charge in [0.25, 0.3) is 5.91 Å². The highest BCUT2D eigenvalue weighted by Crippen LogP contribution is 2.16. The van der Waals surface area contributed by atoms with E-state index in [0.29, 0.717) is 5.69 Å². The molecule has 0 aliphatic carbocycles. The van der Waals surface area contributed by atoms with Crippen molar-refractivity contribution in [2.75, 3.05) is 11.9 Å². The van der Waals surface area contributed by atoms with Crippen molar-refractivity contribution in [3.63, 3.8) is 0 Å². The zero-order valence-corrected chi connectivity index (χ0v) is 11.6. The molecule has 0 bridgehead atoms. The van der Waals surface area contributed by atoms with E-state index in [-0.39, 0.29) is 23.8 Å². The van der Waals surface area contributed by atoms with Crippen LogP contribution in [0.4, 0.5) is 5.69 Å². The highest BCUT2D eigenvalue weighted by atomic mass is 16.3. The second kappa shape index (κ2) is 6.55. The summed E-state index contributed by atoms with van der Waals surface area (Å²) in [6.07, 6.45) is 2.66. The number of hydrogen-bond donors (Lipinski definition) is 3. The molecule has 2 aromatic rings. The van der Waals surface area contributed by atoms with E-state index in [9.17, 15) is 9.90 Å². The molecular formula is C16H15N3O2. The van der Waals surface area contributed by atoms with Crippen LogP contribution >= 0.6 is 0 Å². The largest absolute Gasteiger partial charge is 0.506 e. The summed E-state index contributed by atoms with van der Waals surface area (Å²) in [5, 5.41) is 12.1. The molecule has 0 fully saturated rings. The molecular weight excluding hydrogens is 266 g/mol. The first-order chi connectivity index (χ1) is 10.1. The second-order valence-electron chi connectivity index (χ2n) is 4.48. The quantitative estimate of drug-likeness (QED) is 0.730. The Bertz CT molecular complexity index is 730. The number of aromatic hydroxyl groups is 1. The Morgan fingerprint density at radius 1 is 1.33 bits per heavy atom. The van der Waals surface area contributed by atoms with Crippen LogP contribution in [0.1, 0.15) is 21.5 Å². The molecule has 5 heteroatoms. The predicted octanol–water partition coefficient (Wildman–Crippen LogP) is 1.66. The number of rotatable bonds is 2. The van der Waals surface area contributed by atoms with E-state index < -0.39 is 0 Å². The van der Waals surface area contributed by atoms with Crippen LogP contribution in [0, 0.1) is 18.8 Å². The van der Waals surface area contributed by atoms with E-state index in [0.717, 1.165) is 11.1 Å². The first-order valence-electron chi connectivity index (χ1n) is 6.34. The van der Waals surface area contributed by atoms with Gasteiger partial charge in [0.15, 0.2) is 0 Å². The summed E-state index contributed by atoms with van der Waals surface area (Å²) in [5.74, 6) is 5.30. The van der Waals surface area contributed by atoms with Gasteiger partial charge in [0, 0.05) is 17.4 Å². The van der Waals surface area contributed by atoms with Crippen LogP contribution in [-0.4, -0.2) is 22.5 Å². The van der Waals surface area contributed by atoms with Gasteiger partial charge in [-0.3, -0.25) is 9.78 Å². The molecule has 0 spiro atoms. The Labute approximate surface area is 122 Å². The van der Waals surface area contributed by atoms with Crippen molar-refractivity contribution in [3.05, 3.63) is 53.3 Å². The van der Waals surface area contributed by atoms with Crippen molar-refractivity contribution in [1.29, 1.82) is 0 Å². The van der Waals surface area contributed by atoms with E-state index in [1.54, 1.807) is 6.07 Å². The third kappa shape index (κ3) is 4.06. The summed E-state index contributed by atoms with van der Waals surface area (Å²) in [6.45, 7) is 2.20. The van der Waals surface area contributed by atoms with Crippen LogP contribution in [0.5, 0.6) is 5.75 Å². The van der Waals surface area contributed by atoms with Gasteiger partial charge in [-0.2, -0.15) is 0 Å². The Morgan fingerprint density at radius 2 is 2.14 bits per heavy atom. The van der Waals surface area contributed by atoms with E-state index >= 15 is 0 Å². The number of benzene rings is 1. The molecule has 2 rings (SSSR count). The van der Waals surface area contributed by atoms with Gasteiger partial charge in [-0.1, -0.05) is 11.8 Å². The second-order valence-corrected chi connectivity index (χ2v) is 4.48. The van der Waals surface area contributed by atoms with Gasteiger partial charge < -0.3 is 16.2 Å². The molecule has 4 N–H and O–H groups in total. The number of hydrogen-bond acceptors (Lipinski definition) is 4. The number of nitrogens with two attached hydrogens (primary N) is 1. The predicted molar refractivity (Wildman–Crippen MR) is 81.0 cm³/mol. The maximum atomic E-state index is 12.1. The molecule has 1 amide bonds. The molecule has 1 aromatic heterocycles. The summed E-state index contributed by atoms with van der Waals surface area (Å²) in [7, 11) is 0. The lowest BCUT2D eigenvalue weighted by Gasteiger charge is -2.07. The SMILES string of the molecule is Cc1cc(C#CCN)cc(NC(=O)c2cncc(O)c2)c1. The fourth-order valence-electron chi connectivity index (χ4n) is 1.84. The minimum absolute atomic E-state index is 0.0543. The Kier molecular flexibility index (Phi) is 4.54. The summed E-state index contributed by atoms with van der Waals surface area (Å²) in [4.78, 5) is 15.9. The molecule has 0 aliphatic rings. The van der Waals surface area contributed by atoms with Gasteiger partial charge >= 0.3 is 0 Å². The number of nitrogens with one attached hydrogen (secondary N) is 1. The number of carbonyl (C=O) groups is 1. The van der Waals surface area contributed by atoms with E-state index in [1.165, 1.54) is 18.5 Å². The molecule has 0 saturated heterocycles. The number of amides is 1. The van der Waals surface area contributed by atoms with Crippen LogP contribution in [0.2, 0.25) is 0 Å². The number of aromatic nitrogens is 1. The number of carbonyl (C=O) groups excluding carboxylic acids is 1. The fourth-order valence-corrected chi connectivity index (χ4v) is 1.84. The van der Waals surface area contributed by atoms with Crippen molar-refractivity contribution >= 4 is 11.6 Å². The first kappa shape index (κ1) is 14.6. The topological polar surface area (TPSA) is 88.2 Å². The van der Waals surface area contributed by atoms with Crippen LogP contribution in [0.3, 0.4) is 0 Å². The normalized spacial score (nSPS) is 9.62. The summed E-state index contributed by atoms with van der Waals surface area (Å²) in [5.41, 5.74) is 8.02. The fraction of sp³-hybridized carbons (Fsp3) is 0.125. The summed E-state index contributed by atoms with van der Waals surface area (Å²) in [6, 6.07) is 6.87. The lowest BCUT2D eigenvalue weighted by molar-refractivity contribution is 0.102. The highest BCUT2D eigenvalue weighted by molar-refractivity contribution is 6.04. The molecule has 0 aliphatic heterocycles. The van der Waals surface area contributed by atoms with Gasteiger partial charge in [0.2, 0.25) is 0 Å². The van der Waals surface area contributed by atoms with Crippen molar-refractivity contribution in [2.45, 2.75) is 6.92 Å². The molecule has 0 saturated carbocycles. The number of anilines is 1. The standard InChI is InChI=1S/C16H15N3O2/c1-11-5-12(3-2-4-17)7-14(6-11)19-16(21)13-8-15(20)10-18-9-13/h5-10,20H,4,17H2,1H3,(H,19,21). The average molecular weight is 281 g/mol. The van der Waals surface area contributed by atoms with Crippen molar-refractivity contribution in [2.24, 2.45) is 5.73 Å². The first-order valence-corrected chi connectivity index (χ1v) is 6.34. The highest BCUT2D eigenvalue weighted by Gasteiger charge is 2.08. The third-order valence-electron chi connectivity index (χ3n) is 2.66. The van der Waals surface area contributed by atoms with E-state index in [1.807, 2.05) is 19.1 Å². The van der Waals surface area contributed by atoms with Crippen molar-refractivity contribution < 1.29 is 9.90 Å². The van der Waals surface area contributed by atoms with Crippen LogP contribution in [0.15, 0.2) is 36.7 Å². The molecule has 0 unspecified atom stereocenters. The lowest BCUT2D eigenvalue weighted by Crippen LogP contribution is -2.12. The third-order valence-corrected chi connectivity index (χ3v) is 2.66. The molecule has 1 aromatic carbocycles. The number of aryl methyl sites for hydroxylation is 1. The lowest BCUT2D eigenvalue weighted by atomic mass is 10.1. The molecule has 0 radical (unpaired) electrons. The smallest absolute Gasteiger partial charge is 0.257 e. The van der Waals surface area contributed by atoms with Crippen molar-refractivity contribution in [3.8, 4) is 17.6 Å². The Hall–Kier alpha value is -2.84. The number of pyridine rings is 1. The summed E-state index contributed by atoms with van der Waals surface area (Å²) >= 11 is 0. The molecule has 0 atom stereocenters. The molecule has 1 heterocycles.